The van der Waals surface area contributed by atoms with Crippen LogP contribution < -0.4 is 5.32 Å². The predicted molar refractivity (Wildman–Crippen MR) is 70.9 cm³/mol. The van der Waals surface area contributed by atoms with Crippen LogP contribution in [0.25, 0.3) is 0 Å². The third kappa shape index (κ3) is 2.44. The molecule has 1 atom stereocenters. The van der Waals surface area contributed by atoms with Gasteiger partial charge in [-0.3, -0.25) is 0 Å². The summed E-state index contributed by atoms with van der Waals surface area (Å²) in [6, 6.07) is 8.71. The van der Waals surface area contributed by atoms with Crippen LogP contribution in [-0.2, 0) is 0 Å². The Bertz CT molecular complexity index is 454. The van der Waals surface area contributed by atoms with Crippen molar-refractivity contribution in [1.29, 1.82) is 5.26 Å². The highest BCUT2D eigenvalue weighted by atomic mass is 14.9. The van der Waals surface area contributed by atoms with Crippen LogP contribution in [0.15, 0.2) is 18.2 Å². The fraction of sp³-hybridized carbons (Fsp3) is 0.533. The van der Waals surface area contributed by atoms with E-state index in [0.717, 1.165) is 11.3 Å². The molecular formula is C15H20N2. The van der Waals surface area contributed by atoms with Crippen LogP contribution in [0.4, 0.5) is 5.69 Å². The Morgan fingerprint density at radius 3 is 2.76 bits per heavy atom. The number of aryl methyl sites for hydroxylation is 1. The molecule has 2 nitrogen and oxygen atoms in total. The van der Waals surface area contributed by atoms with E-state index in [2.05, 4.69) is 38.2 Å². The van der Waals surface area contributed by atoms with Gasteiger partial charge >= 0.3 is 0 Å². The Hall–Kier alpha value is -1.49. The first-order valence-corrected chi connectivity index (χ1v) is 6.30. The molecule has 0 saturated heterocycles. The van der Waals surface area contributed by atoms with Crippen LogP contribution >= 0.6 is 0 Å². The smallest absolute Gasteiger partial charge is 0.101 e. The molecule has 17 heavy (non-hydrogen) atoms. The van der Waals surface area contributed by atoms with Gasteiger partial charge in [0.05, 0.1) is 11.3 Å². The molecule has 0 aromatic heterocycles. The van der Waals surface area contributed by atoms with E-state index in [1.165, 1.54) is 24.8 Å². The van der Waals surface area contributed by atoms with Crippen molar-refractivity contribution in [3.05, 3.63) is 29.3 Å². The third-order valence-electron chi connectivity index (χ3n) is 3.88. The van der Waals surface area contributed by atoms with Gasteiger partial charge in [0.15, 0.2) is 0 Å². The monoisotopic (exact) mass is 228 g/mol. The van der Waals surface area contributed by atoms with Gasteiger partial charge in [0.25, 0.3) is 0 Å². The van der Waals surface area contributed by atoms with Crippen molar-refractivity contribution in [3.63, 3.8) is 0 Å². The van der Waals surface area contributed by atoms with Gasteiger partial charge in [-0.1, -0.05) is 26.3 Å². The molecule has 1 aliphatic rings. The summed E-state index contributed by atoms with van der Waals surface area (Å²) in [5, 5.41) is 12.7. The van der Waals surface area contributed by atoms with Gasteiger partial charge < -0.3 is 5.32 Å². The molecule has 0 spiro atoms. The van der Waals surface area contributed by atoms with Gasteiger partial charge in [-0.15, -0.1) is 0 Å². The summed E-state index contributed by atoms with van der Waals surface area (Å²) in [7, 11) is 0. The summed E-state index contributed by atoms with van der Waals surface area (Å²) in [5.41, 5.74) is 3.27. The Kier molecular flexibility index (Phi) is 3.11. The minimum absolute atomic E-state index is 0.330. The van der Waals surface area contributed by atoms with E-state index < -0.39 is 0 Å². The van der Waals surface area contributed by atoms with Gasteiger partial charge in [-0.2, -0.15) is 5.26 Å². The van der Waals surface area contributed by atoms with Crippen LogP contribution in [0.5, 0.6) is 0 Å². The van der Waals surface area contributed by atoms with Crippen LogP contribution in [-0.4, -0.2) is 6.04 Å². The third-order valence-corrected chi connectivity index (χ3v) is 3.88. The number of nitriles is 1. The molecule has 1 aromatic carbocycles. The van der Waals surface area contributed by atoms with Crippen molar-refractivity contribution < 1.29 is 0 Å². The molecule has 0 amide bonds. The Labute approximate surface area is 104 Å². The van der Waals surface area contributed by atoms with Crippen molar-refractivity contribution in [3.8, 4) is 6.07 Å². The summed E-state index contributed by atoms with van der Waals surface area (Å²) in [4.78, 5) is 0. The van der Waals surface area contributed by atoms with E-state index in [-0.39, 0.29) is 0 Å². The van der Waals surface area contributed by atoms with Gasteiger partial charge in [-0.05, 0) is 42.9 Å². The Balaban J connectivity index is 2.24. The fourth-order valence-electron chi connectivity index (χ4n) is 2.66. The lowest BCUT2D eigenvalue weighted by molar-refractivity contribution is 0.350. The summed E-state index contributed by atoms with van der Waals surface area (Å²) in [5.74, 6) is 0. The summed E-state index contributed by atoms with van der Waals surface area (Å²) in [6.45, 7) is 6.67. The number of anilines is 1. The van der Waals surface area contributed by atoms with E-state index >= 15 is 0 Å². The first-order chi connectivity index (χ1) is 8.03. The normalized spacial score (nSPS) is 22.1. The lowest BCUT2D eigenvalue weighted by atomic mass is 9.87. The molecule has 1 aromatic rings. The standard InChI is InChI=1S/C15H20N2/c1-11-6-7-12(10-16)13(9-11)17-14-5-4-8-15(14,2)3/h6-7,9,14,17H,4-5,8H2,1-3H3. The highest BCUT2D eigenvalue weighted by Gasteiger charge is 2.34. The van der Waals surface area contributed by atoms with E-state index in [0.29, 0.717) is 11.5 Å². The van der Waals surface area contributed by atoms with E-state index in [9.17, 15) is 0 Å². The molecule has 2 heteroatoms. The quantitative estimate of drug-likeness (QED) is 0.834. The highest BCUT2D eigenvalue weighted by Crippen LogP contribution is 2.39. The van der Waals surface area contributed by atoms with Crippen molar-refractivity contribution in [1.82, 2.24) is 0 Å². The number of nitrogens with one attached hydrogen (secondary N) is 1. The van der Waals surface area contributed by atoms with Gasteiger partial charge in [0.1, 0.15) is 6.07 Å². The molecule has 1 aliphatic carbocycles. The minimum Gasteiger partial charge on any atom is -0.381 e. The maximum Gasteiger partial charge on any atom is 0.101 e. The molecular weight excluding hydrogens is 208 g/mol. The largest absolute Gasteiger partial charge is 0.381 e. The zero-order valence-electron chi connectivity index (χ0n) is 10.9. The lowest BCUT2D eigenvalue weighted by Crippen LogP contribution is -2.31. The first-order valence-electron chi connectivity index (χ1n) is 6.30. The molecule has 0 heterocycles. The summed E-state index contributed by atoms with van der Waals surface area (Å²) in [6.07, 6.45) is 3.74. The van der Waals surface area contributed by atoms with Gasteiger partial charge in [0, 0.05) is 6.04 Å². The molecule has 1 saturated carbocycles. The predicted octanol–water partition coefficient (Wildman–Crippen LogP) is 3.86. The van der Waals surface area contributed by atoms with Gasteiger partial charge in [-0.25, -0.2) is 0 Å². The number of benzene rings is 1. The summed E-state index contributed by atoms with van der Waals surface area (Å²) >= 11 is 0. The van der Waals surface area contributed by atoms with Crippen LogP contribution in [0.3, 0.4) is 0 Å². The van der Waals surface area contributed by atoms with E-state index in [1.54, 1.807) is 0 Å². The molecule has 0 radical (unpaired) electrons. The number of hydrogen-bond donors (Lipinski definition) is 1. The van der Waals surface area contributed by atoms with Crippen LogP contribution in [0, 0.1) is 23.7 Å². The fourth-order valence-corrected chi connectivity index (χ4v) is 2.66. The Morgan fingerprint density at radius 1 is 1.41 bits per heavy atom. The highest BCUT2D eigenvalue weighted by molar-refractivity contribution is 5.59. The second kappa shape index (κ2) is 4.41. The zero-order chi connectivity index (χ0) is 12.5. The molecule has 0 bridgehead atoms. The van der Waals surface area contributed by atoms with Crippen LogP contribution in [0.2, 0.25) is 0 Å². The van der Waals surface area contributed by atoms with Crippen molar-refractivity contribution in [2.45, 2.75) is 46.1 Å². The molecule has 1 fully saturated rings. The minimum atomic E-state index is 0.330. The number of rotatable bonds is 2. The average molecular weight is 228 g/mol. The number of nitrogens with zero attached hydrogens (tertiary/aromatic N) is 1. The Morgan fingerprint density at radius 2 is 2.18 bits per heavy atom. The number of hydrogen-bond acceptors (Lipinski definition) is 2. The van der Waals surface area contributed by atoms with E-state index in [4.69, 9.17) is 5.26 Å². The van der Waals surface area contributed by atoms with Crippen LogP contribution in [0.1, 0.15) is 44.2 Å². The lowest BCUT2D eigenvalue weighted by Gasteiger charge is -2.29. The molecule has 1 unspecified atom stereocenters. The van der Waals surface area contributed by atoms with Gasteiger partial charge in [0.2, 0.25) is 0 Å². The van der Waals surface area contributed by atoms with Crippen molar-refractivity contribution in [2.24, 2.45) is 5.41 Å². The average Bonchev–Trinajstić information content (AvgIpc) is 2.59. The molecule has 1 N–H and O–H groups in total. The molecule has 0 aliphatic heterocycles. The molecule has 2 rings (SSSR count). The topological polar surface area (TPSA) is 35.8 Å². The van der Waals surface area contributed by atoms with Crippen molar-refractivity contribution >= 4 is 5.69 Å². The molecule has 90 valence electrons. The summed E-state index contributed by atoms with van der Waals surface area (Å²) < 4.78 is 0. The zero-order valence-corrected chi connectivity index (χ0v) is 10.9. The second-order valence-electron chi connectivity index (χ2n) is 5.74. The maximum absolute atomic E-state index is 9.12. The van der Waals surface area contributed by atoms with Crippen molar-refractivity contribution in [2.75, 3.05) is 5.32 Å². The second-order valence-corrected chi connectivity index (χ2v) is 5.74. The SMILES string of the molecule is Cc1ccc(C#N)c(NC2CCCC2(C)C)c1. The van der Waals surface area contributed by atoms with E-state index in [1.807, 2.05) is 12.1 Å². The first kappa shape index (κ1) is 12.0. The maximum atomic E-state index is 9.12.